The van der Waals surface area contributed by atoms with Crippen molar-refractivity contribution in [3.8, 4) is 11.5 Å². The van der Waals surface area contributed by atoms with Crippen LogP contribution in [0.3, 0.4) is 0 Å². The first-order valence-corrected chi connectivity index (χ1v) is 8.85. The molecule has 9 heteroatoms. The molecule has 0 saturated carbocycles. The van der Waals surface area contributed by atoms with E-state index in [1.165, 1.54) is 0 Å². The summed E-state index contributed by atoms with van der Waals surface area (Å²) in [5.74, 6) is -1.00. The summed E-state index contributed by atoms with van der Waals surface area (Å²) >= 11 is 0. The molecule has 1 aliphatic heterocycles. The molecule has 1 aromatic carbocycles. The first-order valence-electron chi connectivity index (χ1n) is 11.7. The number of nitrogens with one attached hydrogen (secondary N) is 3. The Labute approximate surface area is 172 Å². The maximum absolute atomic E-state index is 12.7. The molecule has 1 heterocycles. The molecule has 160 valence electrons. The van der Waals surface area contributed by atoms with Crippen LogP contribution >= 0.6 is 0 Å². The zero-order valence-electron chi connectivity index (χ0n) is 22.5. The van der Waals surface area contributed by atoms with E-state index in [0.717, 1.165) is 39.3 Å². The predicted octanol–water partition coefficient (Wildman–Crippen LogP) is 3.29. The summed E-state index contributed by atoms with van der Waals surface area (Å²) < 4.78 is 106. The predicted molar refractivity (Wildman–Crippen MR) is 100 cm³/mol. The van der Waals surface area contributed by atoms with Crippen LogP contribution in [0.2, 0.25) is 2.82 Å². The lowest BCUT2D eigenvalue weighted by molar-refractivity contribution is -0.274. The molecule has 3 N–H and O–H groups in total. The zero-order chi connectivity index (χ0) is 26.3. The Kier molecular flexibility index (Phi) is 5.35. The van der Waals surface area contributed by atoms with Gasteiger partial charge in [0.05, 0.1) is 23.4 Å². The molecule has 1 aromatic rings. The van der Waals surface area contributed by atoms with Crippen molar-refractivity contribution in [2.45, 2.75) is 70.4 Å². The fourth-order valence-electron chi connectivity index (χ4n) is 2.75. The van der Waals surface area contributed by atoms with Gasteiger partial charge in [0.25, 0.3) is 0 Å². The van der Waals surface area contributed by atoms with Gasteiger partial charge >= 0.3 is 6.36 Å². The molecule has 0 spiro atoms. The van der Waals surface area contributed by atoms with E-state index in [2.05, 4.69) is 10.1 Å². The summed E-state index contributed by atoms with van der Waals surface area (Å²) in [5.41, 5.74) is -0.299. The van der Waals surface area contributed by atoms with Gasteiger partial charge in [0, 0.05) is 32.2 Å². The van der Waals surface area contributed by atoms with Crippen LogP contribution in [0.4, 0.5) is 13.2 Å². The Morgan fingerprint density at radius 3 is 2.46 bits per heavy atom. The van der Waals surface area contributed by atoms with E-state index in [0.29, 0.717) is 18.2 Å². The Balaban J connectivity index is 2.73. The average molecular weight is 411 g/mol. The quantitative estimate of drug-likeness (QED) is 0.610. The summed E-state index contributed by atoms with van der Waals surface area (Å²) in [6.45, 7) is 4.74. The van der Waals surface area contributed by atoms with Crippen LogP contribution in [0.15, 0.2) is 18.2 Å². The van der Waals surface area contributed by atoms with E-state index in [9.17, 15) is 13.2 Å². The average Bonchev–Trinajstić information content (AvgIpc) is 2.78. The monoisotopic (exact) mass is 411 g/mol. The van der Waals surface area contributed by atoms with Gasteiger partial charge in [-0.25, -0.2) is 0 Å². The molecular weight excluding hydrogens is 375 g/mol. The van der Waals surface area contributed by atoms with E-state index in [1.807, 2.05) is 13.8 Å². The second-order valence-electron chi connectivity index (χ2n) is 6.08. The van der Waals surface area contributed by atoms with E-state index >= 15 is 0 Å². The summed E-state index contributed by atoms with van der Waals surface area (Å²) in [6.07, 6.45) is -9.20. The Hall–Kier alpha value is -1.55. The number of ether oxygens (including phenoxy) is 3. The van der Waals surface area contributed by atoms with E-state index < -0.39 is 36.5 Å². The van der Waals surface area contributed by atoms with Crippen molar-refractivity contribution in [1.29, 1.82) is 0 Å². The van der Waals surface area contributed by atoms with Gasteiger partial charge < -0.3 is 14.2 Å². The molecule has 4 unspecified atom stereocenters. The lowest BCUT2D eigenvalue weighted by Crippen LogP contribution is -2.67. The second kappa shape index (κ2) is 9.78. The second-order valence-corrected chi connectivity index (χ2v) is 6.08. The summed E-state index contributed by atoms with van der Waals surface area (Å²) in [5, 5.41) is 3.43. The Bertz CT molecular complexity index is 881. The van der Waals surface area contributed by atoms with Crippen LogP contribution in [0, 0.1) is 0 Å². The molecule has 4 atom stereocenters. The first kappa shape index (κ1) is 15.3. The third kappa shape index (κ3) is 5.73. The molecule has 28 heavy (non-hydrogen) atoms. The van der Waals surface area contributed by atoms with Crippen LogP contribution < -0.4 is 25.4 Å². The number of halogens is 3. The molecule has 0 aliphatic carbocycles. The maximum Gasteiger partial charge on any atom is 0.573 e. The molecule has 6 nitrogen and oxygen atoms in total. The third-order valence-electron chi connectivity index (χ3n) is 4.22. The molecule has 0 bridgehead atoms. The first-order chi connectivity index (χ1) is 15.5. The van der Waals surface area contributed by atoms with Crippen molar-refractivity contribution >= 4 is 0 Å². The van der Waals surface area contributed by atoms with Crippen molar-refractivity contribution in [3.63, 3.8) is 0 Å². The van der Waals surface area contributed by atoms with Gasteiger partial charge in [-0.2, -0.15) is 0 Å². The number of methoxy groups -OCH3 is 2. The number of benzene rings is 1. The highest BCUT2D eigenvalue weighted by molar-refractivity contribution is 5.43. The molecule has 0 amide bonds. The van der Waals surface area contributed by atoms with Crippen LogP contribution in [0.5, 0.6) is 11.5 Å². The Morgan fingerprint density at radius 2 is 1.93 bits per heavy atom. The lowest BCUT2D eigenvalue weighted by Gasteiger charge is -2.43. The van der Waals surface area contributed by atoms with E-state index in [4.69, 9.17) is 17.8 Å². The molecule has 1 aliphatic rings. The van der Waals surface area contributed by atoms with E-state index in [-0.39, 0.29) is 22.7 Å². The molecule has 0 aromatic heterocycles. The molecule has 1 saturated heterocycles. The number of rotatable bonds is 8. The number of alkyl halides is 3. The highest BCUT2D eigenvalue weighted by atomic mass is 19.4. The maximum atomic E-state index is 12.7. The van der Waals surface area contributed by atoms with Crippen molar-refractivity contribution in [2.24, 2.45) is 0 Å². The molecule has 2 rings (SSSR count). The zero-order valence-corrected chi connectivity index (χ0v) is 16.5. The summed E-state index contributed by atoms with van der Waals surface area (Å²) in [4.78, 5) is 0. The molecular formula is C19H30F3N3O3. The van der Waals surface area contributed by atoms with Gasteiger partial charge in [-0.1, -0.05) is 19.9 Å². The highest BCUT2D eigenvalue weighted by Gasteiger charge is 2.37. The van der Waals surface area contributed by atoms with Gasteiger partial charge in [0.2, 0.25) is 0 Å². The molecule has 1 fully saturated rings. The Morgan fingerprint density at radius 1 is 1.25 bits per heavy atom. The van der Waals surface area contributed by atoms with Crippen LogP contribution in [-0.4, -0.2) is 45.0 Å². The minimum atomic E-state index is -4.99. The van der Waals surface area contributed by atoms with Gasteiger partial charge in [-0.15, -0.1) is 13.2 Å². The van der Waals surface area contributed by atoms with Crippen molar-refractivity contribution in [3.05, 3.63) is 23.8 Å². The minimum Gasteiger partial charge on any atom is -0.496 e. The van der Waals surface area contributed by atoms with Crippen molar-refractivity contribution < 1.29 is 35.7 Å². The summed E-state index contributed by atoms with van der Waals surface area (Å²) in [7, 11) is 2.15. The largest absolute Gasteiger partial charge is 0.573 e. The highest BCUT2D eigenvalue weighted by Crippen LogP contribution is 2.34. The number of piperazine rings is 1. The van der Waals surface area contributed by atoms with Crippen molar-refractivity contribution in [1.82, 2.24) is 15.9 Å². The van der Waals surface area contributed by atoms with Crippen LogP contribution in [0.25, 0.3) is 0 Å². The summed E-state index contributed by atoms with van der Waals surface area (Å²) in [6, 6.07) is -2.74. The van der Waals surface area contributed by atoms with Gasteiger partial charge in [-0.3, -0.25) is 15.9 Å². The topological polar surface area (TPSA) is 63.8 Å². The number of hydrogen-bond donors (Lipinski definition) is 3. The van der Waals surface area contributed by atoms with Crippen LogP contribution in [0.1, 0.15) is 50.7 Å². The van der Waals surface area contributed by atoms with Gasteiger partial charge in [0.1, 0.15) is 20.5 Å². The number of hydrogen-bond acceptors (Lipinski definition) is 6. The SMILES string of the molecule is [2H]N1C([2H])(C)C([2H])(c2ccc(OC(F)(F)F)cc2OC)N([2H])C([2H])(OC)C1([2H])NC(CC)CC. The smallest absolute Gasteiger partial charge is 0.496 e. The lowest BCUT2D eigenvalue weighted by atomic mass is 9.96. The van der Waals surface area contributed by atoms with Crippen LogP contribution in [-0.2, 0) is 4.74 Å². The van der Waals surface area contributed by atoms with Gasteiger partial charge in [-0.05, 0) is 25.8 Å². The third-order valence-corrected chi connectivity index (χ3v) is 4.22. The molecule has 0 radical (unpaired) electrons. The minimum absolute atomic E-state index is 0.253. The fourth-order valence-corrected chi connectivity index (χ4v) is 2.75. The fraction of sp³-hybridized carbons (Fsp3) is 0.684. The van der Waals surface area contributed by atoms with E-state index in [1.54, 1.807) is 0 Å². The van der Waals surface area contributed by atoms with Gasteiger partial charge in [0.15, 0.2) is 0 Å². The standard InChI is InChI=1S/C19H30F3N3O3/c1-6-12(7-2)24-17-18(27-5)25-16(11(3)23-17)14-9-8-13(10-15(14)26-4)28-19(20,21)22/h8-12,16-18,23-25H,6-7H2,1-5H3/i11D,16D,17D,18D/hD2. The normalized spacial score (nSPS) is 40.8. The van der Waals surface area contributed by atoms with Crippen molar-refractivity contribution in [2.75, 3.05) is 14.2 Å².